The summed E-state index contributed by atoms with van der Waals surface area (Å²) in [6.45, 7) is 9.87. The first-order valence-corrected chi connectivity index (χ1v) is 18.5. The minimum Gasteiger partial charge on any atom is -0.376 e. The third kappa shape index (κ3) is 6.57. The van der Waals surface area contributed by atoms with Crippen LogP contribution in [0.25, 0.3) is 0 Å². The van der Waals surface area contributed by atoms with Gasteiger partial charge >= 0.3 is 0 Å². The molecule has 7 nitrogen and oxygen atoms in total. The Morgan fingerprint density at radius 2 is 1.68 bits per heavy atom. The molecule has 0 radical (unpaired) electrons. The molecule has 0 aromatic heterocycles. The van der Waals surface area contributed by atoms with Gasteiger partial charge in [0, 0.05) is 73.5 Å². The van der Waals surface area contributed by atoms with Crippen molar-refractivity contribution in [1.82, 2.24) is 15.1 Å². The van der Waals surface area contributed by atoms with Crippen molar-refractivity contribution in [1.29, 1.82) is 0 Å². The number of amides is 2. The van der Waals surface area contributed by atoms with Crippen LogP contribution in [0.3, 0.4) is 0 Å². The molecule has 4 heterocycles. The zero-order valence-corrected chi connectivity index (χ0v) is 28.5. The summed E-state index contributed by atoms with van der Waals surface area (Å²) in [6.07, 6.45) is 7.28. The van der Waals surface area contributed by atoms with Crippen LogP contribution in [0.1, 0.15) is 72.5 Å². The Morgan fingerprint density at radius 3 is 2.38 bits per heavy atom. The number of ether oxygens (including phenoxy) is 1. The molecule has 7 rings (SSSR count). The first-order valence-electron chi connectivity index (χ1n) is 17.7. The summed E-state index contributed by atoms with van der Waals surface area (Å²) < 4.78 is 5.94. The number of unbranched alkanes of at least 4 members (excludes halogenated alkanes) is 1. The lowest BCUT2D eigenvalue weighted by molar-refractivity contribution is -0.125. The average molecular weight is 653 g/mol. The lowest BCUT2D eigenvalue weighted by atomic mass is 9.69. The lowest BCUT2D eigenvalue weighted by Crippen LogP contribution is -2.48. The Bertz CT molecular complexity index is 1530. The third-order valence-electron chi connectivity index (χ3n) is 10.6. The number of benzene rings is 3. The minimum absolute atomic E-state index is 0.114. The van der Waals surface area contributed by atoms with Gasteiger partial charge < -0.3 is 19.9 Å². The van der Waals surface area contributed by atoms with Crippen LogP contribution < -0.4 is 10.2 Å². The van der Waals surface area contributed by atoms with Crippen molar-refractivity contribution in [2.24, 2.45) is 0 Å². The van der Waals surface area contributed by atoms with Gasteiger partial charge in [-0.25, -0.2) is 0 Å². The predicted octanol–water partition coefficient (Wildman–Crippen LogP) is 6.13. The molecule has 1 unspecified atom stereocenters. The summed E-state index contributed by atoms with van der Waals surface area (Å²) in [5.74, 6) is 0.274. The molecule has 8 heteroatoms. The van der Waals surface area contributed by atoms with E-state index in [1.165, 1.54) is 21.8 Å². The summed E-state index contributed by atoms with van der Waals surface area (Å²) in [5.41, 5.74) is 4.80. The van der Waals surface area contributed by atoms with Crippen molar-refractivity contribution in [2.75, 3.05) is 63.9 Å². The molecule has 2 fully saturated rings. The number of fused-ring (bicyclic) bond motifs is 3. The minimum atomic E-state index is -0.671. The van der Waals surface area contributed by atoms with Crippen molar-refractivity contribution in [2.45, 2.75) is 73.2 Å². The van der Waals surface area contributed by atoms with Gasteiger partial charge in [0.1, 0.15) is 5.41 Å². The lowest BCUT2D eigenvalue weighted by Gasteiger charge is -2.40. The second-order valence-corrected chi connectivity index (χ2v) is 14.6. The first-order chi connectivity index (χ1) is 23.1. The van der Waals surface area contributed by atoms with Gasteiger partial charge in [-0.05, 0) is 92.9 Å². The monoisotopic (exact) mass is 652 g/mol. The fourth-order valence-corrected chi connectivity index (χ4v) is 9.29. The second kappa shape index (κ2) is 14.4. The smallest absolute Gasteiger partial charge is 0.254 e. The van der Waals surface area contributed by atoms with Crippen molar-refractivity contribution in [3.05, 3.63) is 89.0 Å². The number of likely N-dealkylation sites (N-methyl/N-ethyl adjacent to an activating group) is 1. The van der Waals surface area contributed by atoms with Gasteiger partial charge in [0.05, 0.1) is 6.10 Å². The molecule has 0 saturated carbocycles. The van der Waals surface area contributed by atoms with Crippen LogP contribution in [0.2, 0.25) is 0 Å². The number of hydrogen-bond acceptors (Lipinski definition) is 6. The summed E-state index contributed by atoms with van der Waals surface area (Å²) in [5, 5.41) is 3.20. The maximum Gasteiger partial charge on any atom is 0.254 e. The van der Waals surface area contributed by atoms with Gasteiger partial charge in [0.15, 0.2) is 0 Å². The summed E-state index contributed by atoms with van der Waals surface area (Å²) in [4.78, 5) is 36.8. The number of nitrogens with one attached hydrogen (secondary N) is 1. The zero-order chi connectivity index (χ0) is 32.2. The van der Waals surface area contributed by atoms with Gasteiger partial charge in [-0.2, -0.15) is 0 Å². The van der Waals surface area contributed by atoms with Gasteiger partial charge in [0.25, 0.3) is 5.91 Å². The summed E-state index contributed by atoms with van der Waals surface area (Å²) >= 11 is 1.78. The average Bonchev–Trinajstić information content (AvgIpc) is 3.11. The Morgan fingerprint density at radius 1 is 0.936 bits per heavy atom. The SMILES string of the molecule is CCNC(=O)C1(CCCCN2CCN(c3ccc4c(c3)C(=O)N(CC3CCCCO3)CC4)CC2)c2ccccc2Sc2ccccc21. The normalized spacial score (nSPS) is 20.7. The van der Waals surface area contributed by atoms with Crippen LogP contribution in [0.5, 0.6) is 0 Å². The third-order valence-corrected chi connectivity index (χ3v) is 11.8. The Kier molecular flexibility index (Phi) is 9.89. The van der Waals surface area contributed by atoms with E-state index in [2.05, 4.69) is 81.8 Å². The van der Waals surface area contributed by atoms with Crippen LogP contribution in [0.4, 0.5) is 5.69 Å². The highest BCUT2D eigenvalue weighted by Gasteiger charge is 2.46. The number of anilines is 1. The van der Waals surface area contributed by atoms with Crippen LogP contribution in [-0.2, 0) is 21.4 Å². The van der Waals surface area contributed by atoms with Crippen LogP contribution >= 0.6 is 11.8 Å². The number of piperazine rings is 1. The van der Waals surface area contributed by atoms with E-state index in [0.717, 1.165) is 107 Å². The Hall–Kier alpha value is -3.33. The van der Waals surface area contributed by atoms with E-state index in [-0.39, 0.29) is 17.9 Å². The number of carbonyl (C=O) groups excluding carboxylic acids is 2. The molecular weight excluding hydrogens is 605 g/mol. The van der Waals surface area contributed by atoms with E-state index in [4.69, 9.17) is 4.74 Å². The van der Waals surface area contributed by atoms with Crippen molar-refractivity contribution >= 4 is 29.3 Å². The van der Waals surface area contributed by atoms with E-state index in [1.54, 1.807) is 11.8 Å². The van der Waals surface area contributed by atoms with Gasteiger partial charge in [-0.1, -0.05) is 60.6 Å². The van der Waals surface area contributed by atoms with Crippen LogP contribution in [0.15, 0.2) is 76.5 Å². The summed E-state index contributed by atoms with van der Waals surface area (Å²) in [6, 6.07) is 23.4. The predicted molar refractivity (Wildman–Crippen MR) is 189 cm³/mol. The maximum atomic E-state index is 14.0. The topological polar surface area (TPSA) is 65.1 Å². The molecule has 1 N–H and O–H groups in total. The summed E-state index contributed by atoms with van der Waals surface area (Å²) in [7, 11) is 0. The molecule has 3 aromatic carbocycles. The number of hydrogen-bond donors (Lipinski definition) is 1. The van der Waals surface area contributed by atoms with Gasteiger partial charge in [-0.15, -0.1) is 0 Å². The standard InChI is InChI=1S/C39H48N4O3S/c1-2-40-38(45)39(33-12-3-5-14-35(33)47-36-15-6-4-13-34(36)39)19-8-9-20-41-22-24-42(25-23-41)30-17-16-29-18-21-43(37(44)32(29)27-30)28-31-11-7-10-26-46-31/h3-6,12-17,27,31H,2,7-11,18-26,28H2,1H3,(H,40,45). The van der Waals surface area contributed by atoms with Gasteiger partial charge in [-0.3, -0.25) is 14.5 Å². The number of rotatable bonds is 10. The largest absolute Gasteiger partial charge is 0.376 e. The van der Waals surface area contributed by atoms with E-state index in [1.807, 2.05) is 11.8 Å². The number of carbonyl (C=O) groups is 2. The molecule has 3 aromatic rings. The van der Waals surface area contributed by atoms with Crippen molar-refractivity contribution < 1.29 is 14.3 Å². The number of nitrogens with zero attached hydrogens (tertiary/aromatic N) is 3. The molecule has 4 aliphatic heterocycles. The van der Waals surface area contributed by atoms with Crippen molar-refractivity contribution in [3.8, 4) is 0 Å². The molecule has 0 aliphatic carbocycles. The molecule has 47 heavy (non-hydrogen) atoms. The van der Waals surface area contributed by atoms with E-state index in [0.29, 0.717) is 13.1 Å². The fourth-order valence-electron chi connectivity index (χ4n) is 8.05. The van der Waals surface area contributed by atoms with E-state index >= 15 is 0 Å². The Labute approximate surface area is 284 Å². The molecule has 2 saturated heterocycles. The highest BCUT2D eigenvalue weighted by molar-refractivity contribution is 7.99. The molecule has 2 amide bonds. The van der Waals surface area contributed by atoms with Gasteiger partial charge in [0.2, 0.25) is 5.91 Å². The molecule has 4 aliphatic rings. The zero-order valence-electron chi connectivity index (χ0n) is 27.7. The van der Waals surface area contributed by atoms with Crippen molar-refractivity contribution in [3.63, 3.8) is 0 Å². The molecule has 0 spiro atoms. The van der Waals surface area contributed by atoms with Crippen LogP contribution in [0, 0.1) is 0 Å². The maximum absolute atomic E-state index is 14.0. The molecule has 0 bridgehead atoms. The van der Waals surface area contributed by atoms with E-state index in [9.17, 15) is 9.59 Å². The highest BCUT2D eigenvalue weighted by atomic mass is 32.2. The highest BCUT2D eigenvalue weighted by Crippen LogP contribution is 2.51. The first kappa shape index (κ1) is 32.2. The Balaban J connectivity index is 0.960. The fraction of sp³-hybridized carbons (Fsp3) is 0.487. The molecule has 1 atom stereocenters. The molecular formula is C39H48N4O3S. The quantitative estimate of drug-likeness (QED) is 0.266. The molecule has 248 valence electrons. The second-order valence-electron chi connectivity index (χ2n) is 13.5. The van der Waals surface area contributed by atoms with Crippen LogP contribution in [-0.4, -0.2) is 86.7 Å². The van der Waals surface area contributed by atoms with E-state index < -0.39 is 5.41 Å².